The fourth-order valence-electron chi connectivity index (χ4n) is 4.34. The molecule has 0 spiro atoms. The maximum Gasteiger partial charge on any atom is 0.303 e. The van der Waals surface area contributed by atoms with Gasteiger partial charge >= 0.3 is 5.97 Å². The fraction of sp³-hybridized carbons (Fsp3) is 0.929. The highest BCUT2D eigenvalue weighted by molar-refractivity contribution is 5.67. The molecule has 1 N–H and O–H groups in total. The largest absolute Gasteiger partial charge is 0.481 e. The molecule has 0 bridgehead atoms. The molecule has 90 valence electrons. The third kappa shape index (κ3) is 1.87. The van der Waals surface area contributed by atoms with Gasteiger partial charge in [0, 0.05) is 6.42 Å². The van der Waals surface area contributed by atoms with Crippen molar-refractivity contribution in [2.75, 3.05) is 0 Å². The lowest BCUT2D eigenvalue weighted by molar-refractivity contribution is -0.140. The van der Waals surface area contributed by atoms with Crippen LogP contribution in [0.2, 0.25) is 0 Å². The summed E-state index contributed by atoms with van der Waals surface area (Å²) in [4.78, 5) is 10.7. The summed E-state index contributed by atoms with van der Waals surface area (Å²) in [6.07, 6.45) is 10.2. The summed E-state index contributed by atoms with van der Waals surface area (Å²) < 4.78 is 0. The van der Waals surface area contributed by atoms with E-state index in [1.807, 2.05) is 0 Å². The van der Waals surface area contributed by atoms with Crippen LogP contribution in [0.5, 0.6) is 0 Å². The molecule has 0 aromatic heterocycles. The van der Waals surface area contributed by atoms with E-state index in [2.05, 4.69) is 0 Å². The highest BCUT2D eigenvalue weighted by atomic mass is 16.4. The first-order chi connectivity index (χ1) is 7.72. The van der Waals surface area contributed by atoms with Crippen LogP contribution in [0.3, 0.4) is 0 Å². The fourth-order valence-corrected chi connectivity index (χ4v) is 4.34. The molecular formula is C14H22O2. The smallest absolute Gasteiger partial charge is 0.303 e. The van der Waals surface area contributed by atoms with Gasteiger partial charge in [-0.25, -0.2) is 0 Å². The zero-order valence-corrected chi connectivity index (χ0v) is 9.90. The molecule has 0 radical (unpaired) electrons. The number of rotatable bonds is 4. The van der Waals surface area contributed by atoms with E-state index in [4.69, 9.17) is 5.11 Å². The second-order valence-electron chi connectivity index (χ2n) is 6.39. The summed E-state index contributed by atoms with van der Waals surface area (Å²) in [5.41, 5.74) is 0. The van der Waals surface area contributed by atoms with Crippen LogP contribution in [0.15, 0.2) is 0 Å². The highest BCUT2D eigenvalue weighted by Gasteiger charge is 2.48. The van der Waals surface area contributed by atoms with Crippen molar-refractivity contribution >= 4 is 5.97 Å². The van der Waals surface area contributed by atoms with Crippen molar-refractivity contribution < 1.29 is 9.90 Å². The Labute approximate surface area is 97.4 Å². The van der Waals surface area contributed by atoms with E-state index in [9.17, 15) is 4.79 Å². The lowest BCUT2D eigenvalue weighted by Crippen LogP contribution is -2.33. The van der Waals surface area contributed by atoms with Crippen LogP contribution in [0.4, 0.5) is 0 Å². The van der Waals surface area contributed by atoms with Gasteiger partial charge in [-0.15, -0.1) is 0 Å². The monoisotopic (exact) mass is 222 g/mol. The predicted molar refractivity (Wildman–Crippen MR) is 62.0 cm³/mol. The standard InChI is InChI=1S/C14H22O2/c15-14(16)8-12-7-11-5-10(6-13(11)12)4-9-2-1-3-9/h9-13H,1-8H2,(H,15,16)/t10-,11?,12-,13?/m1/s1. The number of aliphatic carboxylic acids is 1. The Morgan fingerprint density at radius 1 is 1.12 bits per heavy atom. The maximum atomic E-state index is 10.7. The van der Waals surface area contributed by atoms with Crippen LogP contribution >= 0.6 is 0 Å². The Morgan fingerprint density at radius 3 is 2.56 bits per heavy atom. The minimum atomic E-state index is -0.592. The molecule has 2 heteroatoms. The normalized spacial score (nSPS) is 42.2. The first kappa shape index (κ1) is 10.6. The Hall–Kier alpha value is -0.530. The van der Waals surface area contributed by atoms with E-state index in [1.54, 1.807) is 0 Å². The molecule has 3 saturated carbocycles. The first-order valence-corrected chi connectivity index (χ1v) is 6.94. The summed E-state index contributed by atoms with van der Waals surface area (Å²) in [5.74, 6) is 3.58. The van der Waals surface area contributed by atoms with Crippen molar-refractivity contribution in [3.05, 3.63) is 0 Å². The predicted octanol–water partition coefficient (Wildman–Crippen LogP) is 3.31. The molecule has 3 aliphatic carbocycles. The molecule has 4 atom stereocenters. The van der Waals surface area contributed by atoms with Gasteiger partial charge in [0.1, 0.15) is 0 Å². The van der Waals surface area contributed by atoms with Gasteiger partial charge in [0.05, 0.1) is 0 Å². The van der Waals surface area contributed by atoms with E-state index in [0.717, 1.165) is 23.7 Å². The van der Waals surface area contributed by atoms with Crippen LogP contribution in [0.25, 0.3) is 0 Å². The molecule has 0 saturated heterocycles. The van der Waals surface area contributed by atoms with E-state index in [1.165, 1.54) is 44.9 Å². The molecule has 3 rings (SSSR count). The van der Waals surface area contributed by atoms with Gasteiger partial charge < -0.3 is 5.11 Å². The zero-order chi connectivity index (χ0) is 11.1. The Bertz CT molecular complexity index is 282. The highest BCUT2D eigenvalue weighted by Crippen LogP contribution is 2.56. The molecule has 3 aliphatic rings. The molecule has 0 aromatic carbocycles. The molecule has 3 fully saturated rings. The molecular weight excluding hydrogens is 200 g/mol. The van der Waals surface area contributed by atoms with Crippen molar-refractivity contribution in [3.8, 4) is 0 Å². The Morgan fingerprint density at radius 2 is 1.94 bits per heavy atom. The molecule has 0 heterocycles. The minimum absolute atomic E-state index is 0.428. The Balaban J connectivity index is 1.47. The van der Waals surface area contributed by atoms with Crippen molar-refractivity contribution in [2.24, 2.45) is 29.6 Å². The molecule has 0 aromatic rings. The summed E-state index contributed by atoms with van der Waals surface area (Å²) in [6.45, 7) is 0. The number of hydrogen-bond donors (Lipinski definition) is 1. The van der Waals surface area contributed by atoms with Crippen molar-refractivity contribution in [2.45, 2.75) is 51.4 Å². The van der Waals surface area contributed by atoms with Crippen molar-refractivity contribution in [3.63, 3.8) is 0 Å². The van der Waals surface area contributed by atoms with Crippen molar-refractivity contribution in [1.82, 2.24) is 0 Å². The number of fused-ring (bicyclic) bond motifs is 1. The lowest BCUT2D eigenvalue weighted by atomic mass is 9.65. The number of carboxylic acids is 1. The molecule has 2 unspecified atom stereocenters. The van der Waals surface area contributed by atoms with Gasteiger partial charge in [0.2, 0.25) is 0 Å². The lowest BCUT2D eigenvalue weighted by Gasteiger charge is -2.39. The Kier molecular flexibility index (Phi) is 2.68. The minimum Gasteiger partial charge on any atom is -0.481 e. The van der Waals surface area contributed by atoms with Crippen LogP contribution in [0.1, 0.15) is 51.4 Å². The van der Waals surface area contributed by atoms with E-state index < -0.39 is 5.97 Å². The van der Waals surface area contributed by atoms with Crippen LogP contribution in [-0.2, 0) is 4.79 Å². The maximum absolute atomic E-state index is 10.7. The molecule has 0 amide bonds. The third-order valence-electron chi connectivity index (χ3n) is 5.39. The topological polar surface area (TPSA) is 37.3 Å². The summed E-state index contributed by atoms with van der Waals surface area (Å²) in [6, 6.07) is 0. The van der Waals surface area contributed by atoms with Gasteiger partial charge in [0.15, 0.2) is 0 Å². The number of carboxylic acid groups (broad SMARTS) is 1. The zero-order valence-electron chi connectivity index (χ0n) is 9.90. The second-order valence-corrected chi connectivity index (χ2v) is 6.39. The van der Waals surface area contributed by atoms with Crippen LogP contribution < -0.4 is 0 Å². The van der Waals surface area contributed by atoms with Crippen LogP contribution in [0, 0.1) is 29.6 Å². The van der Waals surface area contributed by atoms with Gasteiger partial charge in [-0.1, -0.05) is 19.3 Å². The molecule has 16 heavy (non-hydrogen) atoms. The summed E-state index contributed by atoms with van der Waals surface area (Å²) in [7, 11) is 0. The number of hydrogen-bond acceptors (Lipinski definition) is 1. The molecule has 2 nitrogen and oxygen atoms in total. The third-order valence-corrected chi connectivity index (χ3v) is 5.39. The molecule has 0 aliphatic heterocycles. The second kappa shape index (κ2) is 4.05. The summed E-state index contributed by atoms with van der Waals surface area (Å²) in [5, 5.41) is 8.83. The van der Waals surface area contributed by atoms with E-state index in [0.29, 0.717) is 12.3 Å². The van der Waals surface area contributed by atoms with Gasteiger partial charge in [-0.2, -0.15) is 0 Å². The van der Waals surface area contributed by atoms with Gasteiger partial charge in [-0.05, 0) is 55.3 Å². The van der Waals surface area contributed by atoms with Gasteiger partial charge in [-0.3, -0.25) is 4.79 Å². The number of carbonyl (C=O) groups is 1. The van der Waals surface area contributed by atoms with Crippen molar-refractivity contribution in [1.29, 1.82) is 0 Å². The van der Waals surface area contributed by atoms with E-state index >= 15 is 0 Å². The van der Waals surface area contributed by atoms with Gasteiger partial charge in [0.25, 0.3) is 0 Å². The first-order valence-electron chi connectivity index (χ1n) is 6.94. The quantitative estimate of drug-likeness (QED) is 0.792. The average molecular weight is 222 g/mol. The van der Waals surface area contributed by atoms with E-state index in [-0.39, 0.29) is 0 Å². The average Bonchev–Trinajstić information content (AvgIpc) is 2.46. The summed E-state index contributed by atoms with van der Waals surface area (Å²) >= 11 is 0. The SMILES string of the molecule is O=C(O)C[C@H]1CC2C[C@@H](CC3CCC3)CC21. The van der Waals surface area contributed by atoms with Crippen LogP contribution in [-0.4, -0.2) is 11.1 Å².